The zero-order valence-corrected chi connectivity index (χ0v) is 19.3. The van der Waals surface area contributed by atoms with E-state index in [0.717, 1.165) is 42.8 Å². The number of hydrogen-bond acceptors (Lipinski definition) is 6. The smallest absolute Gasteiger partial charge is 0.242 e. The van der Waals surface area contributed by atoms with Crippen molar-refractivity contribution < 1.29 is 9.59 Å². The average Bonchev–Trinajstić information content (AvgIpc) is 3.54. The fraction of sp³-hybridized carbons (Fsp3) is 0.417. The summed E-state index contributed by atoms with van der Waals surface area (Å²) in [7, 11) is 0. The number of amides is 2. The largest absolute Gasteiger partial charge is 0.354 e. The van der Waals surface area contributed by atoms with Crippen LogP contribution in [0.15, 0.2) is 49.3 Å². The number of imidazole rings is 2. The van der Waals surface area contributed by atoms with Crippen LogP contribution in [0.25, 0.3) is 0 Å². The molecule has 0 bridgehead atoms. The number of H-pyrrole nitrogens is 2. The van der Waals surface area contributed by atoms with E-state index in [2.05, 4.69) is 54.8 Å². The van der Waals surface area contributed by atoms with Gasteiger partial charge in [0, 0.05) is 43.2 Å². The van der Waals surface area contributed by atoms with Gasteiger partial charge in [0.1, 0.15) is 6.04 Å². The number of nitrogens with two attached hydrogens (primary N) is 2. The van der Waals surface area contributed by atoms with Gasteiger partial charge in [-0.1, -0.05) is 24.3 Å². The van der Waals surface area contributed by atoms with E-state index in [4.69, 9.17) is 11.5 Å². The highest BCUT2D eigenvalue weighted by atomic mass is 16.2. The number of carbonyl (C=O) groups is 2. The number of benzene rings is 1. The van der Waals surface area contributed by atoms with Crippen LogP contribution in [-0.2, 0) is 35.3 Å². The number of carbonyl (C=O) groups excluding carboxylic acids is 2. The number of hydrogen-bond donors (Lipinski definition) is 6. The van der Waals surface area contributed by atoms with Crippen LogP contribution in [0, 0.1) is 0 Å². The maximum atomic E-state index is 12.9. The second-order valence-electron chi connectivity index (χ2n) is 8.33. The van der Waals surface area contributed by atoms with Crippen LogP contribution in [0.4, 0.5) is 0 Å². The molecule has 0 saturated heterocycles. The molecule has 3 aromatic rings. The Hall–Kier alpha value is -3.50. The molecule has 2 amide bonds. The molecule has 182 valence electrons. The van der Waals surface area contributed by atoms with E-state index < -0.39 is 18.0 Å². The third-order valence-corrected chi connectivity index (χ3v) is 5.60. The Bertz CT molecular complexity index is 987. The Labute approximate surface area is 199 Å². The van der Waals surface area contributed by atoms with E-state index in [1.807, 2.05) is 0 Å². The normalized spacial score (nSPS) is 12.8. The number of unbranched alkanes of at least 4 members (excludes halogenated alkanes) is 1. The average molecular weight is 467 g/mol. The highest BCUT2D eigenvalue weighted by molar-refractivity contribution is 5.90. The van der Waals surface area contributed by atoms with E-state index in [1.165, 1.54) is 18.2 Å². The van der Waals surface area contributed by atoms with Gasteiger partial charge >= 0.3 is 0 Å². The molecule has 2 heterocycles. The number of aryl methyl sites for hydroxylation is 1. The summed E-state index contributed by atoms with van der Waals surface area (Å²) in [4.78, 5) is 39.4. The summed E-state index contributed by atoms with van der Waals surface area (Å²) in [6.07, 6.45) is 10.7. The summed E-state index contributed by atoms with van der Waals surface area (Å²) in [6.45, 7) is 1.18. The monoisotopic (exact) mass is 466 g/mol. The highest BCUT2D eigenvalue weighted by Gasteiger charge is 2.24. The first-order chi connectivity index (χ1) is 16.5. The molecule has 0 aliphatic carbocycles. The van der Waals surface area contributed by atoms with Crippen LogP contribution in [0.5, 0.6) is 0 Å². The molecule has 1 aromatic carbocycles. The van der Waals surface area contributed by atoms with Crippen molar-refractivity contribution in [1.82, 2.24) is 30.6 Å². The molecule has 0 aliphatic rings. The summed E-state index contributed by atoms with van der Waals surface area (Å²) in [5.74, 6) is -0.672. The van der Waals surface area contributed by atoms with Crippen molar-refractivity contribution in [2.45, 2.75) is 50.6 Å². The minimum Gasteiger partial charge on any atom is -0.354 e. The first-order valence-corrected chi connectivity index (χ1v) is 11.6. The molecule has 10 heteroatoms. The molecule has 34 heavy (non-hydrogen) atoms. The lowest BCUT2D eigenvalue weighted by atomic mass is 10.0. The summed E-state index contributed by atoms with van der Waals surface area (Å²) in [6, 6.07) is 6.84. The SMILES string of the molecule is NCCCCc1ccc(CCNC(=O)[C@H](Cc2cnc[nH]2)NC(=O)[C@@H](N)Cc2cnc[nH]2)cc1. The maximum absolute atomic E-state index is 12.9. The molecule has 0 spiro atoms. The number of aromatic nitrogens is 4. The third-order valence-electron chi connectivity index (χ3n) is 5.60. The lowest BCUT2D eigenvalue weighted by Gasteiger charge is -2.20. The first kappa shape index (κ1) is 25.1. The van der Waals surface area contributed by atoms with Gasteiger partial charge in [-0.25, -0.2) is 9.97 Å². The first-order valence-electron chi connectivity index (χ1n) is 11.6. The molecule has 10 nitrogen and oxygen atoms in total. The topological polar surface area (TPSA) is 168 Å². The van der Waals surface area contributed by atoms with Crippen molar-refractivity contribution in [3.05, 3.63) is 71.8 Å². The van der Waals surface area contributed by atoms with Gasteiger partial charge in [-0.2, -0.15) is 0 Å². The summed E-state index contributed by atoms with van der Waals surface area (Å²) in [5, 5.41) is 5.71. The van der Waals surface area contributed by atoms with Crippen LogP contribution in [-0.4, -0.2) is 56.9 Å². The molecule has 0 aliphatic heterocycles. The van der Waals surface area contributed by atoms with Crippen LogP contribution >= 0.6 is 0 Å². The second kappa shape index (κ2) is 13.3. The molecule has 0 saturated carbocycles. The lowest BCUT2D eigenvalue weighted by Crippen LogP contribution is -2.53. The van der Waals surface area contributed by atoms with Crippen LogP contribution in [0.2, 0.25) is 0 Å². The van der Waals surface area contributed by atoms with Gasteiger partial charge in [-0.3, -0.25) is 9.59 Å². The van der Waals surface area contributed by atoms with Crippen LogP contribution < -0.4 is 22.1 Å². The fourth-order valence-corrected chi connectivity index (χ4v) is 3.63. The van der Waals surface area contributed by atoms with E-state index in [9.17, 15) is 9.59 Å². The Morgan fingerprint density at radius 1 is 0.882 bits per heavy atom. The maximum Gasteiger partial charge on any atom is 0.242 e. The quantitative estimate of drug-likeness (QED) is 0.188. The van der Waals surface area contributed by atoms with Crippen molar-refractivity contribution in [3.8, 4) is 0 Å². The number of aromatic amines is 2. The Balaban J connectivity index is 1.51. The van der Waals surface area contributed by atoms with E-state index in [-0.39, 0.29) is 12.3 Å². The molecule has 3 rings (SSSR count). The molecule has 0 radical (unpaired) electrons. The Morgan fingerprint density at radius 2 is 1.50 bits per heavy atom. The highest BCUT2D eigenvalue weighted by Crippen LogP contribution is 2.08. The van der Waals surface area contributed by atoms with Gasteiger partial charge in [0.2, 0.25) is 11.8 Å². The zero-order valence-electron chi connectivity index (χ0n) is 19.3. The van der Waals surface area contributed by atoms with Crippen molar-refractivity contribution in [2.75, 3.05) is 13.1 Å². The van der Waals surface area contributed by atoms with Gasteiger partial charge < -0.3 is 32.1 Å². The molecular weight excluding hydrogens is 432 g/mol. The second-order valence-corrected chi connectivity index (χ2v) is 8.33. The van der Waals surface area contributed by atoms with Crippen molar-refractivity contribution in [2.24, 2.45) is 11.5 Å². The fourth-order valence-electron chi connectivity index (χ4n) is 3.63. The van der Waals surface area contributed by atoms with Gasteiger partial charge in [0.25, 0.3) is 0 Å². The molecule has 0 fully saturated rings. The summed E-state index contributed by atoms with van der Waals surface area (Å²) in [5.41, 5.74) is 15.5. The Morgan fingerprint density at radius 3 is 2.09 bits per heavy atom. The van der Waals surface area contributed by atoms with Gasteiger partial charge in [0.15, 0.2) is 0 Å². The molecule has 8 N–H and O–H groups in total. The molecule has 2 atom stereocenters. The van der Waals surface area contributed by atoms with Crippen molar-refractivity contribution in [3.63, 3.8) is 0 Å². The predicted molar refractivity (Wildman–Crippen MR) is 130 cm³/mol. The van der Waals surface area contributed by atoms with E-state index >= 15 is 0 Å². The van der Waals surface area contributed by atoms with Crippen LogP contribution in [0.1, 0.15) is 35.4 Å². The lowest BCUT2D eigenvalue weighted by molar-refractivity contribution is -0.129. The van der Waals surface area contributed by atoms with Gasteiger partial charge in [-0.05, 0) is 43.4 Å². The Kier molecular flexibility index (Phi) is 9.80. The van der Waals surface area contributed by atoms with Crippen molar-refractivity contribution >= 4 is 11.8 Å². The summed E-state index contributed by atoms with van der Waals surface area (Å²) < 4.78 is 0. The zero-order chi connectivity index (χ0) is 24.2. The number of nitrogens with zero attached hydrogens (tertiary/aromatic N) is 2. The minimum atomic E-state index is -0.805. The number of nitrogens with one attached hydrogen (secondary N) is 4. The molecular formula is C24H34N8O2. The molecule has 2 aromatic heterocycles. The van der Waals surface area contributed by atoms with Gasteiger partial charge in [0.05, 0.1) is 18.7 Å². The summed E-state index contributed by atoms with van der Waals surface area (Å²) >= 11 is 0. The van der Waals surface area contributed by atoms with Gasteiger partial charge in [-0.15, -0.1) is 0 Å². The third kappa shape index (κ3) is 8.13. The molecule has 0 unspecified atom stereocenters. The standard InChI is InChI=1S/C24H34N8O2/c25-9-2-1-3-17-4-6-18(7-5-17)8-10-29-24(34)22(12-20-14-28-16-31-20)32-23(33)21(26)11-19-13-27-15-30-19/h4-7,13-16,21-22H,1-3,8-12,25-26H2,(H,27,30)(H,28,31)(H,29,34)(H,32,33)/t21-,22-/m0/s1. The van der Waals surface area contributed by atoms with Crippen LogP contribution in [0.3, 0.4) is 0 Å². The van der Waals surface area contributed by atoms with E-state index in [1.54, 1.807) is 12.4 Å². The predicted octanol–water partition coefficient (Wildman–Crippen LogP) is 0.370. The van der Waals surface area contributed by atoms with E-state index in [0.29, 0.717) is 19.4 Å². The van der Waals surface area contributed by atoms with Crippen molar-refractivity contribution in [1.29, 1.82) is 0 Å². The minimum absolute atomic E-state index is 0.268. The number of rotatable bonds is 14.